The van der Waals surface area contributed by atoms with Crippen molar-refractivity contribution in [1.82, 2.24) is 0 Å². The van der Waals surface area contributed by atoms with Gasteiger partial charge in [-0.05, 0) is 70.2 Å². The lowest BCUT2D eigenvalue weighted by Crippen LogP contribution is -2.25. The Labute approximate surface area is 211 Å². The maximum Gasteiger partial charge on any atom is 0.209 e. The van der Waals surface area contributed by atoms with Crippen molar-refractivity contribution in [3.8, 4) is 33.8 Å². The maximum atomic E-state index is 6.64. The summed E-state index contributed by atoms with van der Waals surface area (Å²) >= 11 is 19.0. The molecule has 0 aliphatic carbocycles. The molecule has 4 aromatic carbocycles. The van der Waals surface area contributed by atoms with E-state index in [4.69, 9.17) is 43.8 Å². The fraction of sp³-hybridized carbons (Fsp3) is 0.0400. The largest absolute Gasteiger partial charge is 0.452 e. The molecular formula is C25H20O2P2S4. The summed E-state index contributed by atoms with van der Waals surface area (Å²) in [4.78, 5) is 0. The summed E-state index contributed by atoms with van der Waals surface area (Å²) in [6.07, 6.45) is 0. The SMILES string of the molecule is C.S=S(P1(=S)Oc2ccccc2-c2ccccc21)P1(=S)Oc2ccccc2-c2ccccc21. The third kappa shape index (κ3) is 3.43. The summed E-state index contributed by atoms with van der Waals surface area (Å²) in [5, 5.41) is 1.99. The Balaban J connectivity index is 0.00000228. The van der Waals surface area contributed by atoms with Crippen LogP contribution in [0.25, 0.3) is 22.3 Å². The molecule has 33 heavy (non-hydrogen) atoms. The van der Waals surface area contributed by atoms with Crippen molar-refractivity contribution in [1.29, 1.82) is 0 Å². The van der Waals surface area contributed by atoms with Gasteiger partial charge in [0.1, 0.15) is 11.5 Å². The molecule has 166 valence electrons. The number of hydrogen-bond acceptors (Lipinski definition) is 5. The average molecular weight is 543 g/mol. The molecule has 0 saturated carbocycles. The fourth-order valence-electron chi connectivity index (χ4n) is 4.15. The molecule has 2 aliphatic heterocycles. The normalized spacial score (nSPS) is 22.7. The smallest absolute Gasteiger partial charge is 0.209 e. The number of benzene rings is 4. The first-order chi connectivity index (χ1) is 15.5. The molecule has 2 heterocycles. The molecule has 2 aliphatic rings. The van der Waals surface area contributed by atoms with Gasteiger partial charge in [-0.25, -0.2) is 0 Å². The second kappa shape index (κ2) is 8.53. The van der Waals surface area contributed by atoms with Crippen LogP contribution in [0.15, 0.2) is 97.1 Å². The van der Waals surface area contributed by atoms with Gasteiger partial charge in [-0.3, -0.25) is 0 Å². The van der Waals surface area contributed by atoms with Crippen LogP contribution in [0.3, 0.4) is 0 Å². The van der Waals surface area contributed by atoms with E-state index in [1.54, 1.807) is 0 Å². The molecule has 0 N–H and O–H groups in total. The van der Waals surface area contributed by atoms with Crippen molar-refractivity contribution in [2.75, 3.05) is 0 Å². The Morgan fingerprint density at radius 1 is 0.515 bits per heavy atom. The van der Waals surface area contributed by atoms with Gasteiger partial charge in [0.15, 0.2) is 0 Å². The van der Waals surface area contributed by atoms with Gasteiger partial charge in [0.05, 0.1) is 0 Å². The van der Waals surface area contributed by atoms with Crippen LogP contribution in [0.1, 0.15) is 7.43 Å². The summed E-state index contributed by atoms with van der Waals surface area (Å²) in [7, 11) is -0.921. The van der Waals surface area contributed by atoms with Gasteiger partial charge in [0, 0.05) is 30.4 Å². The molecule has 0 saturated heterocycles. The van der Waals surface area contributed by atoms with Gasteiger partial charge in [-0.1, -0.05) is 80.2 Å². The zero-order chi connectivity index (χ0) is 21.9. The van der Waals surface area contributed by atoms with Gasteiger partial charge < -0.3 is 9.05 Å². The van der Waals surface area contributed by atoms with Crippen molar-refractivity contribution < 1.29 is 9.05 Å². The van der Waals surface area contributed by atoms with Gasteiger partial charge >= 0.3 is 0 Å². The molecule has 0 radical (unpaired) electrons. The average Bonchev–Trinajstić information content (AvgIpc) is 2.84. The van der Waals surface area contributed by atoms with Crippen molar-refractivity contribution >= 4 is 65.0 Å². The minimum absolute atomic E-state index is 0. The predicted molar refractivity (Wildman–Crippen MR) is 154 cm³/mol. The van der Waals surface area contributed by atoms with Crippen LogP contribution < -0.4 is 19.7 Å². The molecule has 0 spiro atoms. The van der Waals surface area contributed by atoms with Crippen LogP contribution >= 0.6 is 10.9 Å². The Bertz CT molecular complexity index is 1420. The van der Waals surface area contributed by atoms with Crippen LogP contribution in [0.5, 0.6) is 11.5 Å². The first kappa shape index (κ1) is 23.1. The lowest BCUT2D eigenvalue weighted by molar-refractivity contribution is 0.629. The van der Waals surface area contributed by atoms with Crippen LogP contribution in [-0.2, 0) is 43.5 Å². The van der Waals surface area contributed by atoms with E-state index in [0.29, 0.717) is 0 Å². The van der Waals surface area contributed by atoms with Crippen LogP contribution in [-0.4, -0.2) is 0 Å². The number of rotatable bonds is 2. The summed E-state index contributed by atoms with van der Waals surface area (Å²) in [5.41, 5.74) is -1.20. The Morgan fingerprint density at radius 3 is 1.27 bits per heavy atom. The van der Waals surface area contributed by atoms with Crippen molar-refractivity contribution in [3.05, 3.63) is 97.1 Å². The summed E-state index contributed by atoms with van der Waals surface area (Å²) < 4.78 is 13.3. The molecule has 0 fully saturated rings. The molecule has 0 aromatic heterocycles. The first-order valence-corrected chi connectivity index (χ1v) is 18.7. The Kier molecular flexibility index (Phi) is 5.98. The van der Waals surface area contributed by atoms with E-state index >= 15 is 0 Å². The minimum Gasteiger partial charge on any atom is -0.452 e. The van der Waals surface area contributed by atoms with E-state index in [0.717, 1.165) is 44.4 Å². The highest BCUT2D eigenvalue weighted by atomic mass is 33.4. The third-order valence-corrected chi connectivity index (χ3v) is 29.3. The van der Waals surface area contributed by atoms with Crippen LogP contribution in [0, 0.1) is 0 Å². The van der Waals surface area contributed by atoms with Crippen LogP contribution in [0.2, 0.25) is 0 Å². The first-order valence-electron chi connectivity index (χ1n) is 9.93. The van der Waals surface area contributed by atoms with E-state index in [1.807, 2.05) is 60.7 Å². The lowest BCUT2D eigenvalue weighted by Gasteiger charge is -2.38. The molecule has 2 atom stereocenters. The molecule has 2 nitrogen and oxygen atoms in total. The van der Waals surface area contributed by atoms with E-state index in [1.165, 1.54) is 0 Å². The summed E-state index contributed by atoms with van der Waals surface area (Å²) in [6.45, 7) is 0. The zero-order valence-electron chi connectivity index (χ0n) is 16.6. The molecule has 6 rings (SSSR count). The second-order valence-electron chi connectivity index (χ2n) is 7.43. The van der Waals surface area contributed by atoms with Gasteiger partial charge in [0.25, 0.3) is 0 Å². The molecule has 0 bridgehead atoms. The third-order valence-electron chi connectivity index (χ3n) is 5.60. The maximum absolute atomic E-state index is 6.64. The lowest BCUT2D eigenvalue weighted by atomic mass is 10.0. The Morgan fingerprint density at radius 2 is 0.848 bits per heavy atom. The molecule has 2 unspecified atom stereocenters. The van der Waals surface area contributed by atoms with E-state index in [-0.39, 0.29) is 7.43 Å². The monoisotopic (exact) mass is 542 g/mol. The highest BCUT2D eigenvalue weighted by Gasteiger charge is 2.45. The van der Waals surface area contributed by atoms with Gasteiger partial charge in [0.2, 0.25) is 10.9 Å². The summed E-state index contributed by atoms with van der Waals surface area (Å²) in [6, 6.07) is 32.4. The fourth-order valence-corrected chi connectivity index (χ4v) is 25.5. The topological polar surface area (TPSA) is 18.5 Å². The molecular weight excluding hydrogens is 522 g/mol. The van der Waals surface area contributed by atoms with E-state index < -0.39 is 19.6 Å². The van der Waals surface area contributed by atoms with E-state index in [9.17, 15) is 0 Å². The number of para-hydroxylation sites is 2. The highest BCUT2D eigenvalue weighted by molar-refractivity contribution is 9.03. The van der Waals surface area contributed by atoms with Crippen molar-refractivity contribution in [3.63, 3.8) is 0 Å². The van der Waals surface area contributed by atoms with E-state index in [2.05, 4.69) is 36.4 Å². The zero-order valence-corrected chi connectivity index (χ0v) is 21.6. The Hall–Kier alpha value is -1.65. The highest BCUT2D eigenvalue weighted by Crippen LogP contribution is 2.71. The number of fused-ring (bicyclic) bond motifs is 6. The van der Waals surface area contributed by atoms with Gasteiger partial charge in [-0.15, -0.1) is 0 Å². The van der Waals surface area contributed by atoms with Crippen LogP contribution in [0.4, 0.5) is 0 Å². The predicted octanol–water partition coefficient (Wildman–Crippen LogP) is 7.09. The molecule has 4 aromatic rings. The van der Waals surface area contributed by atoms with Crippen molar-refractivity contribution in [2.24, 2.45) is 0 Å². The standard InChI is InChI=1S/C24H16O2P2S4.CH4/c29-27(23-15-7-3-11-19(23)17-9-1-5-13-21(17)25-27)32(31)28(30)24-16-8-4-12-20(24)18-10-2-6-14-22(18)26-28;/h1-16H;1H4. The minimum atomic E-state index is -2.73. The second-order valence-corrected chi connectivity index (χ2v) is 24.3. The molecule has 8 heteroatoms. The van der Waals surface area contributed by atoms with Crippen molar-refractivity contribution in [2.45, 2.75) is 7.43 Å². The molecule has 0 amide bonds. The summed E-state index contributed by atoms with van der Waals surface area (Å²) in [5.74, 6) is 1.56. The quantitative estimate of drug-likeness (QED) is 0.251. The number of hydrogen-bond donors (Lipinski definition) is 0. The van der Waals surface area contributed by atoms with Gasteiger partial charge in [-0.2, -0.15) is 0 Å².